The van der Waals surface area contributed by atoms with Gasteiger partial charge in [-0.3, -0.25) is 9.78 Å². The molecule has 1 aromatic heterocycles. The van der Waals surface area contributed by atoms with Crippen LogP contribution < -0.4 is 5.32 Å². The minimum atomic E-state index is 0.0292. The van der Waals surface area contributed by atoms with E-state index in [1.807, 2.05) is 0 Å². The van der Waals surface area contributed by atoms with Crippen molar-refractivity contribution in [3.63, 3.8) is 0 Å². The SMILES string of the molecule is CC1CCCC1C(=O)Nc1cncc(Cl)n1. The highest BCUT2D eigenvalue weighted by Crippen LogP contribution is 2.31. The number of halogens is 1. The van der Waals surface area contributed by atoms with Gasteiger partial charge in [-0.25, -0.2) is 4.98 Å². The lowest BCUT2D eigenvalue weighted by Gasteiger charge is -2.14. The summed E-state index contributed by atoms with van der Waals surface area (Å²) in [6.45, 7) is 2.11. The van der Waals surface area contributed by atoms with Crippen molar-refractivity contribution in [2.75, 3.05) is 5.32 Å². The van der Waals surface area contributed by atoms with Gasteiger partial charge in [0.05, 0.1) is 12.4 Å². The number of hydrogen-bond acceptors (Lipinski definition) is 3. The van der Waals surface area contributed by atoms with Gasteiger partial charge < -0.3 is 5.32 Å². The first-order chi connectivity index (χ1) is 7.66. The standard InChI is InChI=1S/C11H14ClN3O/c1-7-3-2-4-8(7)11(16)15-10-6-13-5-9(12)14-10/h5-8H,2-4H2,1H3,(H,14,15,16). The number of carbonyl (C=O) groups excluding carboxylic acids is 1. The minimum Gasteiger partial charge on any atom is -0.309 e. The molecule has 2 rings (SSSR count). The van der Waals surface area contributed by atoms with Gasteiger partial charge in [-0.15, -0.1) is 0 Å². The summed E-state index contributed by atoms with van der Waals surface area (Å²) >= 11 is 5.69. The average molecular weight is 240 g/mol. The minimum absolute atomic E-state index is 0.0292. The van der Waals surface area contributed by atoms with Crippen LogP contribution in [0.2, 0.25) is 5.15 Å². The molecule has 16 heavy (non-hydrogen) atoms. The molecule has 0 radical (unpaired) electrons. The Kier molecular flexibility index (Phi) is 3.39. The molecule has 0 bridgehead atoms. The van der Waals surface area contributed by atoms with Gasteiger partial charge in [0.2, 0.25) is 5.91 Å². The van der Waals surface area contributed by atoms with E-state index in [1.54, 1.807) is 0 Å². The third-order valence-corrected chi connectivity index (χ3v) is 3.24. The largest absolute Gasteiger partial charge is 0.309 e. The highest BCUT2D eigenvalue weighted by atomic mass is 35.5. The van der Waals surface area contributed by atoms with E-state index in [-0.39, 0.29) is 17.0 Å². The van der Waals surface area contributed by atoms with Crippen molar-refractivity contribution in [2.45, 2.75) is 26.2 Å². The molecule has 0 aromatic carbocycles. The number of aromatic nitrogens is 2. The van der Waals surface area contributed by atoms with E-state index in [0.717, 1.165) is 19.3 Å². The van der Waals surface area contributed by atoms with Crippen LogP contribution in [0.5, 0.6) is 0 Å². The van der Waals surface area contributed by atoms with Crippen molar-refractivity contribution < 1.29 is 4.79 Å². The highest BCUT2D eigenvalue weighted by Gasteiger charge is 2.29. The van der Waals surface area contributed by atoms with Gasteiger partial charge in [0, 0.05) is 5.92 Å². The maximum absolute atomic E-state index is 11.9. The van der Waals surface area contributed by atoms with Crippen LogP contribution in [0.3, 0.4) is 0 Å². The fourth-order valence-electron chi connectivity index (χ4n) is 2.16. The predicted octanol–water partition coefficient (Wildman–Crippen LogP) is 2.50. The maximum atomic E-state index is 11.9. The van der Waals surface area contributed by atoms with E-state index in [4.69, 9.17) is 11.6 Å². The third kappa shape index (κ3) is 2.50. The Morgan fingerprint density at radius 3 is 2.94 bits per heavy atom. The van der Waals surface area contributed by atoms with Crippen molar-refractivity contribution in [2.24, 2.45) is 11.8 Å². The quantitative estimate of drug-likeness (QED) is 0.863. The van der Waals surface area contributed by atoms with Crippen molar-refractivity contribution >= 4 is 23.3 Å². The van der Waals surface area contributed by atoms with Crippen LogP contribution in [0.1, 0.15) is 26.2 Å². The summed E-state index contributed by atoms with van der Waals surface area (Å²) in [6.07, 6.45) is 6.15. The molecule has 86 valence electrons. The van der Waals surface area contributed by atoms with Crippen molar-refractivity contribution in [3.05, 3.63) is 17.5 Å². The first-order valence-corrected chi connectivity index (χ1v) is 5.83. The van der Waals surface area contributed by atoms with E-state index in [9.17, 15) is 4.79 Å². The molecule has 0 saturated heterocycles. The Hall–Kier alpha value is -1.16. The summed E-state index contributed by atoms with van der Waals surface area (Å²) in [5.74, 6) is 1.01. The van der Waals surface area contributed by atoms with E-state index >= 15 is 0 Å². The Morgan fingerprint density at radius 2 is 2.31 bits per heavy atom. The lowest BCUT2D eigenvalue weighted by atomic mass is 9.97. The van der Waals surface area contributed by atoms with Gasteiger partial charge >= 0.3 is 0 Å². The lowest BCUT2D eigenvalue weighted by molar-refractivity contribution is -0.120. The summed E-state index contributed by atoms with van der Waals surface area (Å²) in [5.41, 5.74) is 0. The summed E-state index contributed by atoms with van der Waals surface area (Å²) < 4.78 is 0. The van der Waals surface area contributed by atoms with Gasteiger partial charge in [-0.2, -0.15) is 0 Å². The first-order valence-electron chi connectivity index (χ1n) is 5.45. The molecule has 1 heterocycles. The van der Waals surface area contributed by atoms with Crippen LogP contribution in [0, 0.1) is 11.8 Å². The zero-order valence-corrected chi connectivity index (χ0v) is 9.87. The topological polar surface area (TPSA) is 54.9 Å². The smallest absolute Gasteiger partial charge is 0.228 e. The molecule has 1 N–H and O–H groups in total. The van der Waals surface area contributed by atoms with Crippen LogP contribution in [0.4, 0.5) is 5.82 Å². The van der Waals surface area contributed by atoms with Gasteiger partial charge in [0.25, 0.3) is 0 Å². The molecule has 2 unspecified atom stereocenters. The lowest BCUT2D eigenvalue weighted by Crippen LogP contribution is -2.25. The summed E-state index contributed by atoms with van der Waals surface area (Å²) in [7, 11) is 0. The van der Waals surface area contributed by atoms with Gasteiger partial charge in [-0.05, 0) is 18.8 Å². The number of anilines is 1. The molecule has 1 amide bonds. The second-order valence-corrected chi connectivity index (χ2v) is 4.62. The van der Waals surface area contributed by atoms with Crippen LogP contribution in [0.25, 0.3) is 0 Å². The van der Waals surface area contributed by atoms with E-state index in [2.05, 4.69) is 22.2 Å². The number of nitrogens with one attached hydrogen (secondary N) is 1. The van der Waals surface area contributed by atoms with Crippen molar-refractivity contribution in [1.29, 1.82) is 0 Å². The summed E-state index contributed by atoms with van der Waals surface area (Å²) in [6, 6.07) is 0. The van der Waals surface area contributed by atoms with Gasteiger partial charge in [0.15, 0.2) is 5.82 Å². The zero-order chi connectivity index (χ0) is 11.5. The summed E-state index contributed by atoms with van der Waals surface area (Å²) in [5, 5.41) is 3.05. The summed E-state index contributed by atoms with van der Waals surface area (Å²) in [4.78, 5) is 19.8. The highest BCUT2D eigenvalue weighted by molar-refractivity contribution is 6.29. The normalized spacial score (nSPS) is 24.4. The molecular weight excluding hydrogens is 226 g/mol. The second-order valence-electron chi connectivity index (χ2n) is 4.23. The number of nitrogens with zero attached hydrogens (tertiary/aromatic N) is 2. The molecule has 1 aliphatic rings. The van der Waals surface area contributed by atoms with Crippen molar-refractivity contribution in [3.8, 4) is 0 Å². The van der Waals surface area contributed by atoms with E-state index < -0.39 is 0 Å². The number of hydrogen-bond donors (Lipinski definition) is 1. The zero-order valence-electron chi connectivity index (χ0n) is 9.11. The molecule has 4 nitrogen and oxygen atoms in total. The molecule has 2 atom stereocenters. The van der Waals surface area contributed by atoms with Crippen LogP contribution >= 0.6 is 11.6 Å². The molecule has 1 fully saturated rings. The van der Waals surface area contributed by atoms with Crippen LogP contribution in [0.15, 0.2) is 12.4 Å². The fourth-order valence-corrected chi connectivity index (χ4v) is 2.30. The van der Waals surface area contributed by atoms with Crippen molar-refractivity contribution in [1.82, 2.24) is 9.97 Å². The average Bonchev–Trinajstić information content (AvgIpc) is 2.64. The molecule has 1 aliphatic carbocycles. The maximum Gasteiger partial charge on any atom is 0.228 e. The van der Waals surface area contributed by atoms with Crippen LogP contribution in [-0.2, 0) is 4.79 Å². The number of amides is 1. The molecule has 1 aromatic rings. The Labute approximate surface area is 99.4 Å². The van der Waals surface area contributed by atoms with Gasteiger partial charge in [0.1, 0.15) is 5.15 Å². The van der Waals surface area contributed by atoms with E-state index in [0.29, 0.717) is 11.7 Å². The Balaban J connectivity index is 2.02. The van der Waals surface area contributed by atoms with Gasteiger partial charge in [-0.1, -0.05) is 24.9 Å². The molecule has 0 spiro atoms. The van der Waals surface area contributed by atoms with Crippen LogP contribution in [-0.4, -0.2) is 15.9 Å². The number of carbonyl (C=O) groups is 1. The monoisotopic (exact) mass is 239 g/mol. The predicted molar refractivity (Wildman–Crippen MR) is 62.2 cm³/mol. The Morgan fingerprint density at radius 1 is 1.50 bits per heavy atom. The molecule has 5 heteroatoms. The molecular formula is C11H14ClN3O. The fraction of sp³-hybridized carbons (Fsp3) is 0.545. The second kappa shape index (κ2) is 4.78. The Bertz CT molecular complexity index is 397. The third-order valence-electron chi connectivity index (χ3n) is 3.05. The first kappa shape index (κ1) is 11.3. The van der Waals surface area contributed by atoms with E-state index in [1.165, 1.54) is 12.4 Å². The number of rotatable bonds is 2. The molecule has 1 saturated carbocycles. The molecule has 0 aliphatic heterocycles.